The third-order valence-electron chi connectivity index (χ3n) is 13.2. The highest BCUT2D eigenvalue weighted by molar-refractivity contribution is 6.18. The highest BCUT2D eigenvalue weighted by Crippen LogP contribution is 2.47. The molecule has 0 saturated carbocycles. The quantitative estimate of drug-likeness (QED) is 0.149. The Morgan fingerprint density at radius 1 is 0.338 bits per heavy atom. The monoisotopic (exact) mass is 828 g/mol. The molecule has 3 nitrogen and oxygen atoms in total. The zero-order valence-corrected chi connectivity index (χ0v) is 35.4. The van der Waals surface area contributed by atoms with Crippen LogP contribution in [0.5, 0.6) is 0 Å². The van der Waals surface area contributed by atoms with Gasteiger partial charge in [-0.3, -0.25) is 0 Å². The summed E-state index contributed by atoms with van der Waals surface area (Å²) in [5, 5.41) is 9.66. The van der Waals surface area contributed by atoms with Crippen molar-refractivity contribution in [2.24, 2.45) is 0 Å². The fourth-order valence-electron chi connectivity index (χ4n) is 10.2. The van der Waals surface area contributed by atoms with Gasteiger partial charge in [-0.1, -0.05) is 176 Å². The summed E-state index contributed by atoms with van der Waals surface area (Å²) < 4.78 is 9.34. The smallest absolute Gasteiger partial charge is 0.145 e. The van der Waals surface area contributed by atoms with Crippen LogP contribution in [0, 0.1) is 0 Å². The average molecular weight is 829 g/mol. The normalized spacial score (nSPS) is 11.7. The second-order valence-corrected chi connectivity index (χ2v) is 16.8. The summed E-state index contributed by atoms with van der Waals surface area (Å²) in [6.45, 7) is 0. The van der Waals surface area contributed by atoms with Crippen LogP contribution in [-0.4, -0.2) is 4.57 Å². The fraction of sp³-hybridized carbons (Fsp3) is 0. The molecule has 0 N–H and O–H groups in total. The van der Waals surface area contributed by atoms with Crippen molar-refractivity contribution in [1.29, 1.82) is 0 Å². The molecular weight excluding hydrogens is 789 g/mol. The van der Waals surface area contributed by atoms with Gasteiger partial charge in [-0.15, -0.1) is 0 Å². The number of anilines is 3. The van der Waals surface area contributed by atoms with Crippen LogP contribution in [0.3, 0.4) is 0 Å². The van der Waals surface area contributed by atoms with Crippen molar-refractivity contribution < 1.29 is 4.42 Å². The maximum atomic E-state index is 6.96. The lowest BCUT2D eigenvalue weighted by Crippen LogP contribution is -2.10. The van der Waals surface area contributed by atoms with Gasteiger partial charge in [0.05, 0.1) is 22.1 Å². The highest BCUT2D eigenvalue weighted by atomic mass is 16.3. The van der Waals surface area contributed by atoms with Gasteiger partial charge in [-0.2, -0.15) is 0 Å². The zero-order valence-electron chi connectivity index (χ0n) is 35.4. The SMILES string of the molecule is c1ccc(-c2ccc(N(c3ccc(-c4cccc5c4ccc4ccccc45)cc3)c3ccc(-c4cccc(-n5c6ccccc6c6ccccc65)c4)c4oc5ccccc5c34)cc2)cc1. The molecule has 13 aromatic rings. The molecule has 2 heterocycles. The van der Waals surface area contributed by atoms with E-state index in [2.05, 4.69) is 252 Å². The summed E-state index contributed by atoms with van der Waals surface area (Å²) in [7, 11) is 0. The Hall–Kier alpha value is -8.66. The third kappa shape index (κ3) is 6.05. The standard InChI is InChI=1S/C62H40N2O/c1-2-14-41(15-3-1)42-28-33-46(34-29-42)63(47-35-30-44(31-36-47)50-23-13-24-52-49-19-5-4-16-43(49)32-37-53(50)52)59-39-38-51(62-61(59)56-22-8-11-27-60(56)65-62)45-17-12-18-48(40-45)64-57-25-9-6-20-54(57)55-21-7-10-26-58(55)64/h1-40H. The second kappa shape index (κ2) is 15.0. The molecule has 0 radical (unpaired) electrons. The molecule has 0 saturated heterocycles. The van der Waals surface area contributed by atoms with Crippen molar-refractivity contribution in [3.05, 3.63) is 243 Å². The van der Waals surface area contributed by atoms with Gasteiger partial charge >= 0.3 is 0 Å². The first-order valence-electron chi connectivity index (χ1n) is 22.2. The summed E-state index contributed by atoms with van der Waals surface area (Å²) in [5.41, 5.74) is 15.2. The summed E-state index contributed by atoms with van der Waals surface area (Å²) in [6, 6.07) is 87.6. The van der Waals surface area contributed by atoms with Gasteiger partial charge in [0.2, 0.25) is 0 Å². The van der Waals surface area contributed by atoms with E-state index in [0.717, 1.165) is 55.8 Å². The molecule has 0 amide bonds. The van der Waals surface area contributed by atoms with Crippen LogP contribution in [0.1, 0.15) is 0 Å². The van der Waals surface area contributed by atoms with E-state index in [-0.39, 0.29) is 0 Å². The van der Waals surface area contributed by atoms with Crippen molar-refractivity contribution in [2.45, 2.75) is 0 Å². The predicted octanol–water partition coefficient (Wildman–Crippen LogP) is 17.5. The lowest BCUT2D eigenvalue weighted by molar-refractivity contribution is 0.670. The van der Waals surface area contributed by atoms with Crippen LogP contribution in [0.25, 0.3) is 104 Å². The van der Waals surface area contributed by atoms with Gasteiger partial charge in [-0.25, -0.2) is 0 Å². The first kappa shape index (κ1) is 36.9. The van der Waals surface area contributed by atoms with E-state index in [4.69, 9.17) is 4.42 Å². The van der Waals surface area contributed by atoms with Crippen LogP contribution in [0.2, 0.25) is 0 Å². The number of nitrogens with zero attached hydrogens (tertiary/aromatic N) is 2. The fourth-order valence-corrected chi connectivity index (χ4v) is 10.2. The lowest BCUT2D eigenvalue weighted by Gasteiger charge is -2.27. The molecule has 3 heteroatoms. The van der Waals surface area contributed by atoms with Gasteiger partial charge in [0.15, 0.2) is 0 Å². The third-order valence-corrected chi connectivity index (χ3v) is 13.2. The molecule has 0 bridgehead atoms. The molecule has 65 heavy (non-hydrogen) atoms. The number of hydrogen-bond donors (Lipinski definition) is 0. The Bertz CT molecular complexity index is 3880. The van der Waals surface area contributed by atoms with Crippen LogP contribution in [0.4, 0.5) is 17.1 Å². The summed E-state index contributed by atoms with van der Waals surface area (Å²) in [5.74, 6) is 0. The molecule has 0 unspecified atom stereocenters. The molecule has 0 aliphatic carbocycles. The summed E-state index contributed by atoms with van der Waals surface area (Å²) in [4.78, 5) is 2.39. The van der Waals surface area contributed by atoms with E-state index in [9.17, 15) is 0 Å². The van der Waals surface area contributed by atoms with Crippen molar-refractivity contribution in [2.75, 3.05) is 4.90 Å². The van der Waals surface area contributed by atoms with E-state index in [1.807, 2.05) is 0 Å². The zero-order chi connectivity index (χ0) is 42.8. The Morgan fingerprint density at radius 2 is 0.923 bits per heavy atom. The Balaban J connectivity index is 0.988. The minimum absolute atomic E-state index is 0.855. The lowest BCUT2D eigenvalue weighted by atomic mass is 9.94. The van der Waals surface area contributed by atoms with Crippen LogP contribution in [-0.2, 0) is 0 Å². The molecule has 304 valence electrons. The number of para-hydroxylation sites is 3. The first-order valence-corrected chi connectivity index (χ1v) is 22.2. The number of benzene rings is 11. The van der Waals surface area contributed by atoms with Crippen LogP contribution < -0.4 is 4.90 Å². The van der Waals surface area contributed by atoms with E-state index >= 15 is 0 Å². The van der Waals surface area contributed by atoms with Crippen LogP contribution in [0.15, 0.2) is 247 Å². The molecule has 0 aliphatic heterocycles. The van der Waals surface area contributed by atoms with Gasteiger partial charge < -0.3 is 13.9 Å². The Labute approximate surface area is 376 Å². The van der Waals surface area contributed by atoms with Gasteiger partial charge in [0.1, 0.15) is 11.2 Å². The summed E-state index contributed by atoms with van der Waals surface area (Å²) in [6.07, 6.45) is 0. The highest BCUT2D eigenvalue weighted by Gasteiger charge is 2.23. The first-order chi connectivity index (χ1) is 32.2. The number of hydrogen-bond acceptors (Lipinski definition) is 2. The molecule has 0 aliphatic rings. The molecule has 2 aromatic heterocycles. The summed E-state index contributed by atoms with van der Waals surface area (Å²) >= 11 is 0. The van der Waals surface area contributed by atoms with E-state index < -0.39 is 0 Å². The predicted molar refractivity (Wildman–Crippen MR) is 274 cm³/mol. The molecule has 13 rings (SSSR count). The minimum atomic E-state index is 0.855. The van der Waals surface area contributed by atoms with E-state index in [0.29, 0.717) is 0 Å². The number of furan rings is 1. The minimum Gasteiger partial charge on any atom is -0.455 e. The van der Waals surface area contributed by atoms with E-state index in [1.165, 1.54) is 65.6 Å². The molecule has 0 fully saturated rings. The number of aromatic nitrogens is 1. The van der Waals surface area contributed by atoms with Crippen molar-refractivity contribution >= 4 is 82.4 Å². The Kier molecular flexibility index (Phi) is 8.53. The average Bonchev–Trinajstić information content (AvgIpc) is 3.94. The van der Waals surface area contributed by atoms with Crippen LogP contribution >= 0.6 is 0 Å². The van der Waals surface area contributed by atoms with Gasteiger partial charge in [0, 0.05) is 38.8 Å². The maximum Gasteiger partial charge on any atom is 0.145 e. The Morgan fingerprint density at radius 3 is 1.68 bits per heavy atom. The number of rotatable bonds is 7. The van der Waals surface area contributed by atoms with Crippen molar-refractivity contribution in [3.8, 4) is 39.1 Å². The van der Waals surface area contributed by atoms with Crippen molar-refractivity contribution in [3.63, 3.8) is 0 Å². The molecule has 11 aromatic carbocycles. The molecule has 0 spiro atoms. The van der Waals surface area contributed by atoms with Crippen molar-refractivity contribution in [1.82, 2.24) is 4.57 Å². The van der Waals surface area contributed by atoms with Gasteiger partial charge in [-0.05, 0) is 116 Å². The molecular formula is C62H40N2O. The number of fused-ring (bicyclic) bond motifs is 9. The van der Waals surface area contributed by atoms with Gasteiger partial charge in [0.25, 0.3) is 0 Å². The van der Waals surface area contributed by atoms with E-state index in [1.54, 1.807) is 0 Å². The topological polar surface area (TPSA) is 21.3 Å². The molecule has 0 atom stereocenters. The maximum absolute atomic E-state index is 6.96. The largest absolute Gasteiger partial charge is 0.455 e. The second-order valence-electron chi connectivity index (χ2n) is 16.8.